The molecule has 5 heteroatoms. The summed E-state index contributed by atoms with van der Waals surface area (Å²) in [5.74, 6) is 1.90. The maximum Gasteiger partial charge on any atom is 0.225 e. The standard InChI is InChI=1S/C21H27N3O2/c1-21(2,3)20-22-12-16(13-23-20)24-19(25)11-15-7-5-6-14-10-17(26-4)8-9-18(14)15/h8-10,12-13,15H,5-7,11H2,1-4H3,(H,24,25)/t15-/m1/s1. The van der Waals surface area contributed by atoms with Crippen LogP contribution in [0.25, 0.3) is 0 Å². The summed E-state index contributed by atoms with van der Waals surface area (Å²) >= 11 is 0. The van der Waals surface area contributed by atoms with E-state index >= 15 is 0 Å². The molecule has 1 aliphatic carbocycles. The molecule has 5 nitrogen and oxygen atoms in total. The number of ether oxygens (including phenoxy) is 1. The fourth-order valence-electron chi connectivity index (χ4n) is 3.45. The van der Waals surface area contributed by atoms with Crippen molar-refractivity contribution in [1.29, 1.82) is 0 Å². The summed E-state index contributed by atoms with van der Waals surface area (Å²) in [5.41, 5.74) is 3.11. The zero-order chi connectivity index (χ0) is 18.7. The number of aromatic nitrogens is 2. The molecule has 0 saturated carbocycles. The zero-order valence-corrected chi connectivity index (χ0v) is 16.0. The topological polar surface area (TPSA) is 64.1 Å². The molecule has 1 aliphatic rings. The third kappa shape index (κ3) is 4.21. The van der Waals surface area contributed by atoms with Gasteiger partial charge in [0.15, 0.2) is 0 Å². The van der Waals surface area contributed by atoms with Gasteiger partial charge in [-0.3, -0.25) is 4.79 Å². The van der Waals surface area contributed by atoms with Gasteiger partial charge in [0, 0.05) is 11.8 Å². The molecular formula is C21H27N3O2. The average Bonchev–Trinajstić information content (AvgIpc) is 2.61. The summed E-state index contributed by atoms with van der Waals surface area (Å²) < 4.78 is 5.32. The van der Waals surface area contributed by atoms with Crippen LogP contribution in [0.3, 0.4) is 0 Å². The Morgan fingerprint density at radius 2 is 2.00 bits per heavy atom. The monoisotopic (exact) mass is 353 g/mol. The number of nitrogens with zero attached hydrogens (tertiary/aromatic N) is 2. The van der Waals surface area contributed by atoms with Crippen LogP contribution in [-0.2, 0) is 16.6 Å². The van der Waals surface area contributed by atoms with Crippen LogP contribution >= 0.6 is 0 Å². The van der Waals surface area contributed by atoms with Crippen molar-refractivity contribution in [3.8, 4) is 5.75 Å². The van der Waals surface area contributed by atoms with Crippen molar-refractivity contribution in [3.63, 3.8) is 0 Å². The lowest BCUT2D eigenvalue weighted by Gasteiger charge is -2.25. The smallest absolute Gasteiger partial charge is 0.225 e. The van der Waals surface area contributed by atoms with E-state index in [4.69, 9.17) is 4.74 Å². The highest BCUT2D eigenvalue weighted by molar-refractivity contribution is 5.91. The molecule has 0 aliphatic heterocycles. The van der Waals surface area contributed by atoms with Crippen molar-refractivity contribution < 1.29 is 9.53 Å². The van der Waals surface area contributed by atoms with Gasteiger partial charge in [-0.1, -0.05) is 26.8 Å². The van der Waals surface area contributed by atoms with Gasteiger partial charge in [0.2, 0.25) is 5.91 Å². The van der Waals surface area contributed by atoms with Crippen LogP contribution in [0, 0.1) is 0 Å². The molecule has 1 heterocycles. The second kappa shape index (κ2) is 7.44. The Bertz CT molecular complexity index is 779. The molecule has 1 aromatic carbocycles. The lowest BCUT2D eigenvalue weighted by Crippen LogP contribution is -2.20. The minimum Gasteiger partial charge on any atom is -0.497 e. The first kappa shape index (κ1) is 18.4. The third-order valence-corrected chi connectivity index (χ3v) is 4.83. The molecule has 1 atom stereocenters. The van der Waals surface area contributed by atoms with Crippen LogP contribution in [0.1, 0.15) is 62.9 Å². The fraction of sp³-hybridized carbons (Fsp3) is 0.476. The Morgan fingerprint density at radius 1 is 1.27 bits per heavy atom. The molecule has 1 N–H and O–H groups in total. The van der Waals surface area contributed by atoms with E-state index in [2.05, 4.69) is 48.2 Å². The van der Waals surface area contributed by atoms with Gasteiger partial charge in [-0.15, -0.1) is 0 Å². The van der Waals surface area contributed by atoms with Crippen LogP contribution in [0.15, 0.2) is 30.6 Å². The Morgan fingerprint density at radius 3 is 2.65 bits per heavy atom. The van der Waals surface area contributed by atoms with Gasteiger partial charge in [0.1, 0.15) is 11.6 Å². The number of hydrogen-bond acceptors (Lipinski definition) is 4. The summed E-state index contributed by atoms with van der Waals surface area (Å²) in [6.07, 6.45) is 7.02. The van der Waals surface area contributed by atoms with Crippen LogP contribution in [-0.4, -0.2) is 23.0 Å². The van der Waals surface area contributed by atoms with Gasteiger partial charge in [-0.25, -0.2) is 9.97 Å². The molecule has 0 saturated heterocycles. The zero-order valence-electron chi connectivity index (χ0n) is 16.0. The molecule has 2 aromatic rings. The van der Waals surface area contributed by atoms with E-state index in [1.807, 2.05) is 6.07 Å². The average molecular weight is 353 g/mol. The molecule has 0 bridgehead atoms. The number of aryl methyl sites for hydroxylation is 1. The summed E-state index contributed by atoms with van der Waals surface area (Å²) in [5, 5.41) is 2.93. The molecule has 1 amide bonds. The van der Waals surface area contributed by atoms with Crippen molar-refractivity contribution in [2.45, 2.75) is 57.8 Å². The number of benzene rings is 1. The second-order valence-electron chi connectivity index (χ2n) is 7.95. The van der Waals surface area contributed by atoms with E-state index < -0.39 is 0 Å². The van der Waals surface area contributed by atoms with E-state index in [9.17, 15) is 4.79 Å². The fourth-order valence-corrected chi connectivity index (χ4v) is 3.45. The van der Waals surface area contributed by atoms with Gasteiger partial charge < -0.3 is 10.1 Å². The highest BCUT2D eigenvalue weighted by atomic mass is 16.5. The predicted molar refractivity (Wildman–Crippen MR) is 103 cm³/mol. The molecule has 1 aromatic heterocycles. The molecule has 3 rings (SSSR count). The van der Waals surface area contributed by atoms with Crippen molar-refractivity contribution in [1.82, 2.24) is 9.97 Å². The Hall–Kier alpha value is -2.43. The highest BCUT2D eigenvalue weighted by Gasteiger charge is 2.23. The maximum atomic E-state index is 12.5. The first-order chi connectivity index (χ1) is 12.4. The van der Waals surface area contributed by atoms with Gasteiger partial charge in [0.05, 0.1) is 25.2 Å². The normalized spacial score (nSPS) is 16.7. The van der Waals surface area contributed by atoms with Crippen molar-refractivity contribution in [3.05, 3.63) is 47.5 Å². The first-order valence-corrected chi connectivity index (χ1v) is 9.16. The van der Waals surface area contributed by atoms with Crippen LogP contribution in [0.2, 0.25) is 0 Å². The van der Waals surface area contributed by atoms with Gasteiger partial charge >= 0.3 is 0 Å². The van der Waals surface area contributed by atoms with E-state index in [1.54, 1.807) is 19.5 Å². The lowest BCUT2D eigenvalue weighted by atomic mass is 9.81. The number of nitrogens with one attached hydrogen (secondary N) is 1. The maximum absolute atomic E-state index is 12.5. The molecular weight excluding hydrogens is 326 g/mol. The Kier molecular flexibility index (Phi) is 5.25. The first-order valence-electron chi connectivity index (χ1n) is 9.16. The summed E-state index contributed by atoms with van der Waals surface area (Å²) in [6, 6.07) is 6.18. The van der Waals surface area contributed by atoms with Crippen LogP contribution < -0.4 is 10.1 Å². The van der Waals surface area contributed by atoms with E-state index in [1.165, 1.54) is 11.1 Å². The predicted octanol–water partition coefficient (Wildman–Crippen LogP) is 4.23. The highest BCUT2D eigenvalue weighted by Crippen LogP contribution is 2.36. The number of methoxy groups -OCH3 is 1. The molecule has 0 spiro atoms. The number of fused-ring (bicyclic) bond motifs is 1. The van der Waals surface area contributed by atoms with E-state index in [0.717, 1.165) is 30.8 Å². The minimum atomic E-state index is -0.102. The molecule has 26 heavy (non-hydrogen) atoms. The number of anilines is 1. The largest absolute Gasteiger partial charge is 0.497 e. The summed E-state index contributed by atoms with van der Waals surface area (Å²) in [7, 11) is 1.68. The van der Waals surface area contributed by atoms with Gasteiger partial charge in [0.25, 0.3) is 0 Å². The number of rotatable bonds is 4. The number of carbonyl (C=O) groups excluding carboxylic acids is 1. The molecule has 0 fully saturated rings. The van der Waals surface area contributed by atoms with Crippen LogP contribution in [0.5, 0.6) is 5.75 Å². The molecule has 138 valence electrons. The summed E-state index contributed by atoms with van der Waals surface area (Å²) in [6.45, 7) is 6.20. The number of carbonyl (C=O) groups is 1. The van der Waals surface area contributed by atoms with Crippen molar-refractivity contribution >= 4 is 11.6 Å². The minimum absolute atomic E-state index is 0.00535. The molecule has 0 radical (unpaired) electrons. The van der Waals surface area contributed by atoms with Crippen LogP contribution in [0.4, 0.5) is 5.69 Å². The molecule has 0 unspecified atom stereocenters. The SMILES string of the molecule is COc1ccc2c(c1)CCC[C@@H]2CC(=O)Nc1cnc(C(C)(C)C)nc1. The van der Waals surface area contributed by atoms with Gasteiger partial charge in [-0.05, 0) is 48.4 Å². The van der Waals surface area contributed by atoms with Crippen molar-refractivity contribution in [2.24, 2.45) is 0 Å². The van der Waals surface area contributed by atoms with Crippen molar-refractivity contribution in [2.75, 3.05) is 12.4 Å². The third-order valence-electron chi connectivity index (χ3n) is 4.83. The summed E-state index contributed by atoms with van der Waals surface area (Å²) in [4.78, 5) is 21.2. The lowest BCUT2D eigenvalue weighted by molar-refractivity contribution is -0.116. The van der Waals surface area contributed by atoms with E-state index in [0.29, 0.717) is 12.1 Å². The van der Waals surface area contributed by atoms with E-state index in [-0.39, 0.29) is 17.2 Å². The van der Waals surface area contributed by atoms with Gasteiger partial charge in [-0.2, -0.15) is 0 Å². The number of amides is 1. The second-order valence-corrected chi connectivity index (χ2v) is 7.95. The Labute approximate surface area is 155 Å². The quantitative estimate of drug-likeness (QED) is 0.893. The number of hydrogen-bond donors (Lipinski definition) is 1. The Balaban J connectivity index is 1.66.